The fourth-order valence-electron chi connectivity index (χ4n) is 12.5. The minimum Gasteiger partial charge on any atom is -0.488 e. The van der Waals surface area contributed by atoms with Crippen LogP contribution in [0.4, 0.5) is 28.4 Å². The molecule has 10 aromatic rings. The summed E-state index contributed by atoms with van der Waals surface area (Å²) in [6.07, 6.45) is 0. The molecule has 0 unspecified atom stereocenters. The lowest BCUT2D eigenvalue weighted by atomic mass is 9.42. The minimum absolute atomic E-state index is 0.184. The van der Waals surface area contributed by atoms with E-state index in [1.807, 2.05) is 0 Å². The van der Waals surface area contributed by atoms with Crippen LogP contribution < -0.4 is 25.4 Å². The molecule has 4 heteroatoms. The molecular formula is C62H39BN2O. The molecule has 4 aliphatic heterocycles. The maximum atomic E-state index is 6.96. The number of hydrogen-bond acceptors (Lipinski definition) is 3. The molecule has 306 valence electrons. The highest BCUT2D eigenvalue weighted by molar-refractivity contribution is 6.94. The topological polar surface area (TPSA) is 15.7 Å². The van der Waals surface area contributed by atoms with Gasteiger partial charge in [-0.3, -0.25) is 0 Å². The zero-order chi connectivity index (χ0) is 43.1. The molecule has 3 nitrogen and oxygen atoms in total. The molecule has 0 saturated carbocycles. The molecular weight excluding hydrogens is 800 g/mol. The Hall–Kier alpha value is -8.34. The van der Waals surface area contributed by atoms with Gasteiger partial charge in [0.25, 0.3) is 0 Å². The number of fused-ring (bicyclic) bond motifs is 17. The summed E-state index contributed by atoms with van der Waals surface area (Å²) < 4.78 is 6.96. The summed E-state index contributed by atoms with van der Waals surface area (Å²) in [5.41, 5.74) is 26.6. The van der Waals surface area contributed by atoms with Crippen molar-refractivity contribution in [3.05, 3.63) is 252 Å². The van der Waals surface area contributed by atoms with E-state index in [9.17, 15) is 0 Å². The smallest absolute Gasteiger partial charge is 0.333 e. The standard InChI is InChI=1S/C62H39BN2O/c1-3-16-39(17-4-1)41-30-33-44(34-31-41)65-56-36-42(40-18-5-2-6-19-40)32-35-48(56)49-37-57-58(45-21-8-7-20-43(45)38-66-57)61-59(49)63(65)54-28-15-27-53-60(54)64(61)55-29-14-13-26-52(55)62(53)50-24-11-9-22-46(50)47-23-10-12-25-51(47)62/h1-37H,38H2. The maximum Gasteiger partial charge on any atom is 0.333 e. The van der Waals surface area contributed by atoms with Gasteiger partial charge in [0.2, 0.25) is 0 Å². The van der Waals surface area contributed by atoms with E-state index < -0.39 is 5.41 Å². The average molecular weight is 839 g/mol. The Morgan fingerprint density at radius 3 is 1.74 bits per heavy atom. The van der Waals surface area contributed by atoms with Crippen LogP contribution in [0.2, 0.25) is 0 Å². The largest absolute Gasteiger partial charge is 0.488 e. The SMILES string of the molecule is c1ccc(-c2ccc(N3B4c5cccc6c5N(c5ccccc5C65c6ccccc6-c6ccccc65)c5c4c(cc4c5-c5ccccc5CO4)-c4ccc(-c5ccccc5)cc43)cc2)cc1. The third kappa shape index (κ3) is 4.62. The minimum atomic E-state index is -0.551. The van der Waals surface area contributed by atoms with Gasteiger partial charge < -0.3 is 14.4 Å². The Balaban J connectivity index is 1.10. The molecule has 0 saturated heterocycles. The zero-order valence-corrected chi connectivity index (χ0v) is 35.9. The van der Waals surface area contributed by atoms with Crippen LogP contribution in [0.25, 0.3) is 55.6 Å². The third-order valence-electron chi connectivity index (χ3n) is 15.1. The van der Waals surface area contributed by atoms with Gasteiger partial charge in [0, 0.05) is 28.2 Å². The van der Waals surface area contributed by atoms with Crippen LogP contribution in [0.3, 0.4) is 0 Å². The molecule has 10 aromatic carbocycles. The van der Waals surface area contributed by atoms with E-state index in [4.69, 9.17) is 4.74 Å². The summed E-state index contributed by atoms with van der Waals surface area (Å²) in [4.78, 5) is 5.30. The lowest BCUT2D eigenvalue weighted by Gasteiger charge is -2.52. The molecule has 0 radical (unpaired) electrons. The first kappa shape index (κ1) is 36.1. The van der Waals surface area contributed by atoms with Crippen molar-refractivity contribution in [3.8, 4) is 61.4 Å². The summed E-state index contributed by atoms with van der Waals surface area (Å²) in [5.74, 6) is 0.926. The molecule has 0 N–H and O–H groups in total. The molecule has 5 aliphatic rings. The number of nitrogens with zero attached hydrogens (tertiary/aromatic N) is 2. The lowest BCUT2D eigenvalue weighted by molar-refractivity contribution is 0.302. The van der Waals surface area contributed by atoms with Crippen LogP contribution in [0.15, 0.2) is 224 Å². The van der Waals surface area contributed by atoms with Crippen LogP contribution >= 0.6 is 0 Å². The zero-order valence-electron chi connectivity index (χ0n) is 35.9. The first-order valence-electron chi connectivity index (χ1n) is 23.1. The molecule has 0 aromatic heterocycles. The monoisotopic (exact) mass is 838 g/mol. The van der Waals surface area contributed by atoms with Crippen molar-refractivity contribution in [1.29, 1.82) is 0 Å². The molecule has 15 rings (SSSR count). The molecule has 0 bridgehead atoms. The number of anilines is 5. The molecule has 0 atom stereocenters. The van der Waals surface area contributed by atoms with Gasteiger partial charge in [-0.05, 0) is 114 Å². The quantitative estimate of drug-likeness (QED) is 0.165. The summed E-state index contributed by atoms with van der Waals surface area (Å²) >= 11 is 0. The fourth-order valence-corrected chi connectivity index (χ4v) is 12.5. The first-order chi connectivity index (χ1) is 32.8. The molecule has 0 amide bonds. The number of rotatable bonds is 3. The molecule has 1 spiro atoms. The predicted octanol–water partition coefficient (Wildman–Crippen LogP) is 14.0. The van der Waals surface area contributed by atoms with Crippen molar-refractivity contribution < 1.29 is 4.74 Å². The summed E-state index contributed by atoms with van der Waals surface area (Å²) in [6.45, 7) is 0.343. The van der Waals surface area contributed by atoms with Crippen LogP contribution in [-0.2, 0) is 12.0 Å². The molecule has 0 fully saturated rings. The van der Waals surface area contributed by atoms with Gasteiger partial charge in [0.05, 0.1) is 16.8 Å². The van der Waals surface area contributed by atoms with Crippen LogP contribution in [-0.4, -0.2) is 6.85 Å². The van der Waals surface area contributed by atoms with E-state index in [-0.39, 0.29) is 6.85 Å². The highest BCUT2D eigenvalue weighted by Crippen LogP contribution is 2.65. The van der Waals surface area contributed by atoms with E-state index in [0.717, 1.165) is 17.0 Å². The number of para-hydroxylation sites is 2. The number of ether oxygens (including phenoxy) is 1. The Labute approximate surface area is 384 Å². The highest BCUT2D eigenvalue weighted by Gasteiger charge is 2.56. The van der Waals surface area contributed by atoms with Gasteiger partial charge in [-0.25, -0.2) is 0 Å². The first-order valence-corrected chi connectivity index (χ1v) is 23.1. The Bertz CT molecular complexity index is 3630. The van der Waals surface area contributed by atoms with E-state index in [1.165, 1.54) is 112 Å². The van der Waals surface area contributed by atoms with Gasteiger partial charge in [-0.15, -0.1) is 0 Å². The van der Waals surface area contributed by atoms with Crippen molar-refractivity contribution in [3.63, 3.8) is 0 Å². The van der Waals surface area contributed by atoms with Crippen LogP contribution in [0, 0.1) is 0 Å². The van der Waals surface area contributed by atoms with Crippen molar-refractivity contribution in [2.24, 2.45) is 0 Å². The highest BCUT2D eigenvalue weighted by atomic mass is 16.5. The second-order valence-corrected chi connectivity index (χ2v) is 18.2. The summed E-state index contributed by atoms with van der Waals surface area (Å²) in [6, 6.07) is 83.8. The summed E-state index contributed by atoms with van der Waals surface area (Å²) in [7, 11) is 0. The van der Waals surface area contributed by atoms with Crippen LogP contribution in [0.5, 0.6) is 5.75 Å². The van der Waals surface area contributed by atoms with Gasteiger partial charge in [-0.2, -0.15) is 0 Å². The second-order valence-electron chi connectivity index (χ2n) is 18.2. The van der Waals surface area contributed by atoms with Crippen molar-refractivity contribution in [2.45, 2.75) is 12.0 Å². The van der Waals surface area contributed by atoms with E-state index in [1.54, 1.807) is 0 Å². The van der Waals surface area contributed by atoms with Crippen molar-refractivity contribution >= 4 is 46.2 Å². The normalized spacial score (nSPS) is 14.5. The molecule has 1 aliphatic carbocycles. The average Bonchev–Trinajstić information content (AvgIpc) is 3.69. The lowest BCUT2D eigenvalue weighted by Crippen LogP contribution is -2.63. The summed E-state index contributed by atoms with van der Waals surface area (Å²) in [5, 5.41) is 0. The number of hydrogen-bond donors (Lipinski definition) is 0. The molecule has 4 heterocycles. The van der Waals surface area contributed by atoms with Gasteiger partial charge in [-0.1, -0.05) is 194 Å². The van der Waals surface area contributed by atoms with Crippen molar-refractivity contribution in [2.75, 3.05) is 9.71 Å². The molecule has 66 heavy (non-hydrogen) atoms. The number of benzene rings is 10. The fraction of sp³-hybridized carbons (Fsp3) is 0.0323. The third-order valence-corrected chi connectivity index (χ3v) is 15.1. The Kier molecular flexibility index (Phi) is 7.29. The van der Waals surface area contributed by atoms with Crippen molar-refractivity contribution in [1.82, 2.24) is 0 Å². The predicted molar refractivity (Wildman–Crippen MR) is 272 cm³/mol. The van der Waals surface area contributed by atoms with E-state index in [0.29, 0.717) is 6.61 Å². The second kappa shape index (κ2) is 13.4. The van der Waals surface area contributed by atoms with E-state index >= 15 is 0 Å². The van der Waals surface area contributed by atoms with Gasteiger partial charge in [0.1, 0.15) is 12.4 Å². The van der Waals surface area contributed by atoms with E-state index in [2.05, 4.69) is 234 Å². The Morgan fingerprint density at radius 1 is 0.409 bits per heavy atom. The van der Waals surface area contributed by atoms with Crippen LogP contribution in [0.1, 0.15) is 27.8 Å². The van der Waals surface area contributed by atoms with Gasteiger partial charge in [0.15, 0.2) is 0 Å². The maximum absolute atomic E-state index is 6.96. The van der Waals surface area contributed by atoms with Gasteiger partial charge >= 0.3 is 6.85 Å². The Morgan fingerprint density at radius 2 is 1.00 bits per heavy atom.